The summed E-state index contributed by atoms with van der Waals surface area (Å²) in [7, 11) is 0. The van der Waals surface area contributed by atoms with Crippen molar-refractivity contribution in [3.63, 3.8) is 0 Å². The van der Waals surface area contributed by atoms with Crippen LogP contribution < -0.4 is 4.90 Å². The molecule has 2 aliphatic rings. The molecule has 2 aliphatic carbocycles. The Bertz CT molecular complexity index is 2300. The summed E-state index contributed by atoms with van der Waals surface area (Å²) >= 11 is 0. The van der Waals surface area contributed by atoms with Gasteiger partial charge in [0.1, 0.15) is 0 Å². The van der Waals surface area contributed by atoms with Crippen molar-refractivity contribution in [3.05, 3.63) is 216 Å². The maximum Gasteiger partial charge on any atom is 0.0543 e. The second kappa shape index (κ2) is 20.3. The fourth-order valence-electron chi connectivity index (χ4n) is 7.72. The van der Waals surface area contributed by atoms with Gasteiger partial charge >= 0.3 is 0 Å². The van der Waals surface area contributed by atoms with Crippen LogP contribution in [0, 0.1) is 27.7 Å². The minimum atomic E-state index is -0.184. The smallest absolute Gasteiger partial charge is 0.0543 e. The molecule has 57 heavy (non-hydrogen) atoms. The quantitative estimate of drug-likeness (QED) is 0.143. The molecule has 0 bridgehead atoms. The number of allylic oxidation sites excluding steroid dienone is 7. The van der Waals surface area contributed by atoms with Crippen molar-refractivity contribution in [2.75, 3.05) is 4.90 Å². The van der Waals surface area contributed by atoms with Crippen LogP contribution in [0.15, 0.2) is 171 Å². The van der Waals surface area contributed by atoms with E-state index in [-0.39, 0.29) is 5.41 Å². The van der Waals surface area contributed by atoms with Crippen molar-refractivity contribution >= 4 is 23.5 Å². The van der Waals surface area contributed by atoms with E-state index < -0.39 is 0 Å². The predicted octanol–water partition coefficient (Wildman–Crippen LogP) is 16.6. The van der Waals surface area contributed by atoms with Crippen LogP contribution in [-0.2, 0) is 5.41 Å². The lowest BCUT2D eigenvalue weighted by Gasteiger charge is -2.33. The van der Waals surface area contributed by atoms with Crippen LogP contribution >= 0.6 is 0 Å². The molecule has 0 N–H and O–H groups in total. The monoisotopic (exact) mass is 749 g/mol. The third-order valence-corrected chi connectivity index (χ3v) is 10.6. The Morgan fingerprint density at radius 3 is 1.82 bits per heavy atom. The van der Waals surface area contributed by atoms with Gasteiger partial charge in [0.2, 0.25) is 0 Å². The Balaban J connectivity index is 0.000000373. The lowest BCUT2D eigenvalue weighted by Crippen LogP contribution is -2.21. The topological polar surface area (TPSA) is 3.24 Å². The molecule has 7 rings (SSSR count). The number of benzene rings is 5. The lowest BCUT2D eigenvalue weighted by molar-refractivity contribution is 0.659. The Morgan fingerprint density at radius 2 is 1.28 bits per heavy atom. The predicted molar refractivity (Wildman–Crippen MR) is 256 cm³/mol. The Labute approximate surface area is 345 Å². The average Bonchev–Trinajstić information content (AvgIpc) is 3.44. The van der Waals surface area contributed by atoms with Crippen LogP contribution in [0.4, 0.5) is 11.4 Å². The van der Waals surface area contributed by atoms with Crippen LogP contribution in [0.3, 0.4) is 0 Å². The van der Waals surface area contributed by atoms with Crippen molar-refractivity contribution in [3.8, 4) is 22.3 Å². The summed E-state index contributed by atoms with van der Waals surface area (Å²) in [4.78, 5) is 2.32. The Hall–Kier alpha value is -5.92. The van der Waals surface area contributed by atoms with E-state index in [1.807, 2.05) is 62.4 Å². The number of aryl methyl sites for hydroxylation is 4. The minimum absolute atomic E-state index is 0.184. The lowest BCUT2D eigenvalue weighted by atomic mass is 9.80. The third-order valence-electron chi connectivity index (χ3n) is 10.6. The first-order valence-corrected chi connectivity index (χ1v) is 20.3. The van der Waals surface area contributed by atoms with E-state index in [1.54, 1.807) is 0 Å². The zero-order valence-electron chi connectivity index (χ0n) is 36.0. The van der Waals surface area contributed by atoms with Crippen LogP contribution in [0.2, 0.25) is 0 Å². The molecule has 0 heterocycles. The molecular formula is C56H63N. The molecule has 0 saturated heterocycles. The zero-order valence-corrected chi connectivity index (χ0v) is 36.0. The standard InChI is InChI=1S/C40H39N.C7H10.C7H8.C2H6/c1-10-17-29(11-2)41(36-21-16-19-28(7)38(36)32-20-15-14-18-27(32)6)37-25-35-39(31(13-4)30(37)12-3)33-23-22-26(5)24-34(33)40(35,8)9;2*1-7-5-3-2-4-6-7;1-2/h10-25H,1-4H2,5-9H3;3,5-6H,2,4H2,1H3;2-6H,1H3;1-2H3/b29-17+;;;. The molecule has 0 aromatic heterocycles. The van der Waals surface area contributed by atoms with Gasteiger partial charge in [-0.2, -0.15) is 0 Å². The van der Waals surface area contributed by atoms with Gasteiger partial charge in [-0.1, -0.05) is 192 Å². The van der Waals surface area contributed by atoms with Crippen LogP contribution in [0.5, 0.6) is 0 Å². The Kier molecular flexibility index (Phi) is 15.6. The molecule has 0 amide bonds. The van der Waals surface area contributed by atoms with E-state index in [9.17, 15) is 0 Å². The maximum atomic E-state index is 4.31. The molecule has 292 valence electrons. The van der Waals surface area contributed by atoms with Crippen LogP contribution in [0.1, 0.15) is 92.0 Å². The van der Waals surface area contributed by atoms with Gasteiger partial charge in [-0.05, 0) is 116 Å². The molecule has 0 fully saturated rings. The highest BCUT2D eigenvalue weighted by Gasteiger charge is 2.39. The largest absolute Gasteiger partial charge is 0.309 e. The summed E-state index contributed by atoms with van der Waals surface area (Å²) in [5.41, 5.74) is 19.0. The van der Waals surface area contributed by atoms with Crippen LogP contribution in [0.25, 0.3) is 34.4 Å². The summed E-state index contributed by atoms with van der Waals surface area (Å²) in [6, 6.07) is 34.5. The number of fused-ring (bicyclic) bond motifs is 3. The molecule has 0 atom stereocenters. The molecule has 0 unspecified atom stereocenters. The van der Waals surface area contributed by atoms with Gasteiger partial charge in [-0.3, -0.25) is 0 Å². The second-order valence-corrected chi connectivity index (χ2v) is 15.0. The van der Waals surface area contributed by atoms with Gasteiger partial charge < -0.3 is 4.90 Å². The van der Waals surface area contributed by atoms with Gasteiger partial charge in [0.25, 0.3) is 0 Å². The summed E-state index contributed by atoms with van der Waals surface area (Å²) in [5.74, 6) is 0. The SMILES string of the molecule is C=C/C=C(\C=C)N(c1cc2c(c(C=C)c1C=C)-c1ccc(C)cc1C2(C)C)c1cccc(C)c1-c1ccccc1C.CC.CC1=CCCC=C1.Cc1ccccc1. The van der Waals surface area contributed by atoms with Gasteiger partial charge in [0, 0.05) is 22.2 Å². The molecule has 0 spiro atoms. The fraction of sp³-hybridized carbons (Fsp3) is 0.214. The van der Waals surface area contributed by atoms with Crippen LogP contribution in [-0.4, -0.2) is 0 Å². The van der Waals surface area contributed by atoms with Gasteiger partial charge in [0.15, 0.2) is 0 Å². The number of rotatable bonds is 8. The summed E-state index contributed by atoms with van der Waals surface area (Å²) in [6.45, 7) is 36.3. The number of hydrogen-bond acceptors (Lipinski definition) is 1. The third kappa shape index (κ3) is 9.73. The molecule has 1 heteroatoms. The van der Waals surface area contributed by atoms with Crippen molar-refractivity contribution in [2.45, 2.75) is 80.6 Å². The molecule has 1 nitrogen and oxygen atoms in total. The molecule has 0 aliphatic heterocycles. The highest BCUT2D eigenvalue weighted by molar-refractivity contribution is 5.97. The van der Waals surface area contributed by atoms with E-state index >= 15 is 0 Å². The van der Waals surface area contributed by atoms with Crippen molar-refractivity contribution < 1.29 is 0 Å². The van der Waals surface area contributed by atoms with Gasteiger partial charge in [-0.15, -0.1) is 0 Å². The molecule has 0 radical (unpaired) electrons. The molecular weight excluding hydrogens is 687 g/mol. The first-order chi connectivity index (χ1) is 27.5. The highest BCUT2D eigenvalue weighted by Crippen LogP contribution is 2.54. The maximum absolute atomic E-state index is 4.31. The number of nitrogens with zero attached hydrogens (tertiary/aromatic N) is 1. The summed E-state index contributed by atoms with van der Waals surface area (Å²) in [5, 5.41) is 0. The minimum Gasteiger partial charge on any atom is -0.309 e. The first kappa shape index (κ1) is 43.8. The van der Waals surface area contributed by atoms with E-state index in [1.165, 1.54) is 74.0 Å². The van der Waals surface area contributed by atoms with Crippen molar-refractivity contribution in [2.24, 2.45) is 0 Å². The van der Waals surface area contributed by atoms with Gasteiger partial charge in [-0.25, -0.2) is 0 Å². The van der Waals surface area contributed by atoms with E-state index in [4.69, 9.17) is 0 Å². The van der Waals surface area contributed by atoms with E-state index in [2.05, 4.69) is 177 Å². The number of anilines is 2. The summed E-state index contributed by atoms with van der Waals surface area (Å²) in [6.07, 6.45) is 18.8. The summed E-state index contributed by atoms with van der Waals surface area (Å²) < 4.78 is 0. The molecule has 0 saturated carbocycles. The zero-order chi connectivity index (χ0) is 41.7. The van der Waals surface area contributed by atoms with Crippen molar-refractivity contribution in [1.29, 1.82) is 0 Å². The average molecular weight is 750 g/mol. The first-order valence-electron chi connectivity index (χ1n) is 20.3. The van der Waals surface area contributed by atoms with Gasteiger partial charge in [0.05, 0.1) is 11.4 Å². The Morgan fingerprint density at radius 1 is 0.614 bits per heavy atom. The molecule has 5 aromatic rings. The normalized spacial score (nSPS) is 13.1. The molecule has 5 aromatic carbocycles. The fourth-order valence-corrected chi connectivity index (χ4v) is 7.72. The second-order valence-electron chi connectivity index (χ2n) is 15.0. The van der Waals surface area contributed by atoms with E-state index in [0.29, 0.717) is 0 Å². The van der Waals surface area contributed by atoms with E-state index in [0.717, 1.165) is 28.2 Å². The number of hydrogen-bond donors (Lipinski definition) is 0. The van der Waals surface area contributed by atoms with Crippen molar-refractivity contribution in [1.82, 2.24) is 0 Å². The highest BCUT2D eigenvalue weighted by atomic mass is 15.2.